The van der Waals surface area contributed by atoms with Crippen LogP contribution in [-0.4, -0.2) is 29.6 Å². The Kier molecular flexibility index (Phi) is 7.91. The third kappa shape index (κ3) is 6.30. The summed E-state index contributed by atoms with van der Waals surface area (Å²) in [4.78, 5) is 4.30. The Bertz CT molecular complexity index is 350. The molecule has 3 nitrogen and oxygen atoms in total. The van der Waals surface area contributed by atoms with Gasteiger partial charge >= 0.3 is 0 Å². The molecule has 1 unspecified atom stereocenters. The number of hydrogen-bond acceptors (Lipinski definition) is 4. The first-order valence-electron chi connectivity index (χ1n) is 7.01. The van der Waals surface area contributed by atoms with Gasteiger partial charge in [0.1, 0.15) is 5.75 Å². The zero-order valence-electron chi connectivity index (χ0n) is 12.5. The summed E-state index contributed by atoms with van der Waals surface area (Å²) < 4.78 is 5.72. The average molecular weight is 282 g/mol. The van der Waals surface area contributed by atoms with E-state index >= 15 is 0 Å². The van der Waals surface area contributed by atoms with E-state index in [1.165, 1.54) is 5.56 Å². The van der Waals surface area contributed by atoms with Crippen LogP contribution in [0.15, 0.2) is 18.5 Å². The van der Waals surface area contributed by atoms with Crippen LogP contribution in [0.2, 0.25) is 0 Å². The summed E-state index contributed by atoms with van der Waals surface area (Å²) in [5, 5.41) is 3.59. The lowest BCUT2D eigenvalue weighted by Crippen LogP contribution is -2.23. The average Bonchev–Trinajstić information content (AvgIpc) is 2.38. The standard InChI is InChI=1S/C15H26N2OS/c1-5-7-17-15(6-8-19-4)13-9-14(11-16-10-13)18-12(2)3/h9-12,15,17H,5-8H2,1-4H3. The van der Waals surface area contributed by atoms with Crippen LogP contribution in [0.4, 0.5) is 0 Å². The SMILES string of the molecule is CCCNC(CCSC)c1cncc(OC(C)C)c1. The van der Waals surface area contributed by atoms with Gasteiger partial charge in [-0.1, -0.05) is 6.92 Å². The molecule has 108 valence electrons. The van der Waals surface area contributed by atoms with Gasteiger partial charge in [-0.05, 0) is 56.9 Å². The minimum Gasteiger partial charge on any atom is -0.489 e. The van der Waals surface area contributed by atoms with Crippen LogP contribution in [0.25, 0.3) is 0 Å². The second-order valence-electron chi connectivity index (χ2n) is 4.91. The van der Waals surface area contributed by atoms with Crippen molar-refractivity contribution in [3.63, 3.8) is 0 Å². The molecule has 0 saturated carbocycles. The van der Waals surface area contributed by atoms with Crippen LogP contribution in [0.5, 0.6) is 5.75 Å². The first kappa shape index (κ1) is 16.3. The Balaban J connectivity index is 2.75. The van der Waals surface area contributed by atoms with E-state index in [0.29, 0.717) is 6.04 Å². The molecule has 0 saturated heterocycles. The Labute approximate surface area is 121 Å². The predicted octanol–water partition coefficient (Wildman–Crippen LogP) is 3.66. The highest BCUT2D eigenvalue weighted by molar-refractivity contribution is 7.98. The summed E-state index contributed by atoms with van der Waals surface area (Å²) in [5.74, 6) is 2.01. The van der Waals surface area contributed by atoms with Crippen molar-refractivity contribution in [1.29, 1.82) is 0 Å². The lowest BCUT2D eigenvalue weighted by Gasteiger charge is -2.19. The van der Waals surface area contributed by atoms with E-state index in [1.807, 2.05) is 31.8 Å². The third-order valence-corrected chi connectivity index (χ3v) is 3.40. The molecular formula is C15H26N2OS. The molecule has 0 spiro atoms. The first-order valence-corrected chi connectivity index (χ1v) is 8.40. The molecule has 0 aliphatic carbocycles. The van der Waals surface area contributed by atoms with Crippen LogP contribution in [0.3, 0.4) is 0 Å². The fourth-order valence-corrected chi connectivity index (χ4v) is 2.38. The topological polar surface area (TPSA) is 34.2 Å². The maximum atomic E-state index is 5.72. The first-order chi connectivity index (χ1) is 9.17. The van der Waals surface area contributed by atoms with Crippen LogP contribution in [0, 0.1) is 0 Å². The summed E-state index contributed by atoms with van der Waals surface area (Å²) in [6.07, 6.45) is 8.33. The molecule has 1 aromatic heterocycles. The molecule has 0 aromatic carbocycles. The van der Waals surface area contributed by atoms with E-state index in [9.17, 15) is 0 Å². The van der Waals surface area contributed by atoms with Gasteiger partial charge in [0.2, 0.25) is 0 Å². The molecule has 1 rings (SSSR count). The van der Waals surface area contributed by atoms with Gasteiger partial charge in [-0.3, -0.25) is 4.98 Å². The Morgan fingerprint density at radius 3 is 2.79 bits per heavy atom. The highest BCUT2D eigenvalue weighted by Gasteiger charge is 2.12. The molecule has 0 amide bonds. The molecule has 0 bridgehead atoms. The summed E-state index contributed by atoms with van der Waals surface area (Å²) in [6, 6.07) is 2.48. The van der Waals surface area contributed by atoms with E-state index < -0.39 is 0 Å². The number of nitrogens with zero attached hydrogens (tertiary/aromatic N) is 1. The van der Waals surface area contributed by atoms with Gasteiger partial charge in [0.05, 0.1) is 12.3 Å². The molecule has 1 heterocycles. The molecule has 19 heavy (non-hydrogen) atoms. The molecule has 0 aliphatic heterocycles. The van der Waals surface area contributed by atoms with Crippen molar-refractivity contribution in [2.24, 2.45) is 0 Å². The van der Waals surface area contributed by atoms with Crippen molar-refractivity contribution in [3.05, 3.63) is 24.0 Å². The van der Waals surface area contributed by atoms with E-state index in [1.54, 1.807) is 6.20 Å². The molecule has 1 aromatic rings. The second-order valence-corrected chi connectivity index (χ2v) is 5.89. The number of thioether (sulfide) groups is 1. The zero-order valence-corrected chi connectivity index (χ0v) is 13.3. The summed E-state index contributed by atoms with van der Waals surface area (Å²) in [7, 11) is 0. The maximum absolute atomic E-state index is 5.72. The van der Waals surface area contributed by atoms with Crippen molar-refractivity contribution in [3.8, 4) is 5.75 Å². The van der Waals surface area contributed by atoms with Gasteiger partial charge < -0.3 is 10.1 Å². The molecule has 4 heteroatoms. The number of aromatic nitrogens is 1. The Hall–Kier alpha value is -0.740. The Morgan fingerprint density at radius 1 is 1.37 bits per heavy atom. The largest absolute Gasteiger partial charge is 0.489 e. The number of pyridine rings is 1. The lowest BCUT2D eigenvalue weighted by atomic mass is 10.1. The van der Waals surface area contributed by atoms with E-state index in [2.05, 4.69) is 29.5 Å². The minimum absolute atomic E-state index is 0.185. The summed E-state index contributed by atoms with van der Waals surface area (Å²) in [5.41, 5.74) is 1.22. The van der Waals surface area contributed by atoms with Gasteiger partial charge in [0.15, 0.2) is 0 Å². The van der Waals surface area contributed by atoms with Gasteiger partial charge in [-0.2, -0.15) is 11.8 Å². The highest BCUT2D eigenvalue weighted by Crippen LogP contribution is 2.22. The number of rotatable bonds is 9. The highest BCUT2D eigenvalue weighted by atomic mass is 32.2. The van der Waals surface area contributed by atoms with Crippen molar-refractivity contribution < 1.29 is 4.74 Å². The monoisotopic (exact) mass is 282 g/mol. The summed E-state index contributed by atoms with van der Waals surface area (Å²) >= 11 is 1.88. The van der Waals surface area contributed by atoms with Crippen LogP contribution < -0.4 is 10.1 Å². The molecular weight excluding hydrogens is 256 g/mol. The van der Waals surface area contributed by atoms with Crippen molar-refractivity contribution in [2.45, 2.75) is 45.8 Å². The molecule has 1 N–H and O–H groups in total. The summed E-state index contributed by atoms with van der Waals surface area (Å²) in [6.45, 7) is 7.30. The van der Waals surface area contributed by atoms with Crippen LogP contribution in [-0.2, 0) is 0 Å². The van der Waals surface area contributed by atoms with Crippen molar-refractivity contribution >= 4 is 11.8 Å². The van der Waals surface area contributed by atoms with Gasteiger partial charge in [0.25, 0.3) is 0 Å². The van der Waals surface area contributed by atoms with Crippen molar-refractivity contribution in [2.75, 3.05) is 18.6 Å². The quantitative estimate of drug-likeness (QED) is 0.749. The molecule has 0 radical (unpaired) electrons. The minimum atomic E-state index is 0.185. The van der Waals surface area contributed by atoms with Gasteiger partial charge in [-0.25, -0.2) is 0 Å². The van der Waals surface area contributed by atoms with E-state index in [0.717, 1.165) is 30.9 Å². The molecule has 0 fully saturated rings. The Morgan fingerprint density at radius 2 is 2.16 bits per heavy atom. The normalized spacial score (nSPS) is 12.7. The molecule has 1 atom stereocenters. The maximum Gasteiger partial charge on any atom is 0.138 e. The number of hydrogen-bond donors (Lipinski definition) is 1. The second kappa shape index (κ2) is 9.21. The van der Waals surface area contributed by atoms with Crippen LogP contribution in [0.1, 0.15) is 45.2 Å². The lowest BCUT2D eigenvalue weighted by molar-refractivity contribution is 0.241. The fourth-order valence-electron chi connectivity index (χ4n) is 1.90. The number of nitrogens with one attached hydrogen (secondary N) is 1. The van der Waals surface area contributed by atoms with Gasteiger partial charge in [0, 0.05) is 12.2 Å². The van der Waals surface area contributed by atoms with Gasteiger partial charge in [-0.15, -0.1) is 0 Å². The molecule has 0 aliphatic rings. The third-order valence-electron chi connectivity index (χ3n) is 2.76. The van der Waals surface area contributed by atoms with E-state index in [-0.39, 0.29) is 6.10 Å². The zero-order chi connectivity index (χ0) is 14.1. The van der Waals surface area contributed by atoms with E-state index in [4.69, 9.17) is 4.74 Å². The number of ether oxygens (including phenoxy) is 1. The van der Waals surface area contributed by atoms with Crippen LogP contribution >= 0.6 is 11.8 Å². The van der Waals surface area contributed by atoms with Crippen molar-refractivity contribution in [1.82, 2.24) is 10.3 Å². The predicted molar refractivity (Wildman–Crippen MR) is 84.0 cm³/mol. The smallest absolute Gasteiger partial charge is 0.138 e. The fraction of sp³-hybridized carbons (Fsp3) is 0.667.